The Morgan fingerprint density at radius 3 is 2.52 bits per heavy atom. The molecule has 3 N–H and O–H groups in total. The molecule has 0 atom stereocenters. The Hall–Kier alpha value is -1.12. The van der Waals surface area contributed by atoms with Gasteiger partial charge in [0, 0.05) is 31.6 Å². The van der Waals surface area contributed by atoms with Crippen molar-refractivity contribution in [3.63, 3.8) is 0 Å². The average Bonchev–Trinajstić information content (AvgIpc) is 2.92. The highest BCUT2D eigenvalue weighted by Gasteiger charge is 2.34. The molecule has 2 rings (SSSR count). The Labute approximate surface area is 136 Å². The molecular formula is C13H19BrN4O2S. The largest absolute Gasteiger partial charge is 0.409 e. The number of nitrogens with two attached hydrogens (primary N) is 1. The summed E-state index contributed by atoms with van der Waals surface area (Å²) in [5, 5.41) is 13.8. The van der Waals surface area contributed by atoms with E-state index < -0.39 is 5.54 Å². The first-order valence-electron chi connectivity index (χ1n) is 6.62. The lowest BCUT2D eigenvalue weighted by Gasteiger charge is -2.43. The predicted octanol–water partition coefficient (Wildman–Crippen LogP) is 1.79. The molecular weight excluding hydrogens is 356 g/mol. The summed E-state index contributed by atoms with van der Waals surface area (Å²) in [6, 6.07) is 1.85. The highest BCUT2D eigenvalue weighted by molar-refractivity contribution is 9.11. The fourth-order valence-corrected chi connectivity index (χ4v) is 3.49. The number of hydrogen-bond donors (Lipinski definition) is 2. The second-order valence-electron chi connectivity index (χ2n) is 5.46. The molecule has 1 aliphatic rings. The molecule has 1 amide bonds. The number of amidine groups is 1. The van der Waals surface area contributed by atoms with Gasteiger partial charge in [0.2, 0.25) is 0 Å². The number of piperazine rings is 1. The third kappa shape index (κ3) is 3.38. The van der Waals surface area contributed by atoms with Gasteiger partial charge in [-0.05, 0) is 35.8 Å². The molecule has 0 saturated carbocycles. The van der Waals surface area contributed by atoms with Crippen LogP contribution in [0.5, 0.6) is 0 Å². The third-order valence-corrected chi connectivity index (χ3v) is 5.41. The normalized spacial score (nSPS) is 18.0. The number of carbonyl (C=O) groups excluding carboxylic acids is 1. The number of rotatable bonds is 3. The molecule has 1 fully saturated rings. The second-order valence-corrected chi connectivity index (χ2v) is 7.75. The van der Waals surface area contributed by atoms with E-state index in [9.17, 15) is 4.79 Å². The number of amides is 1. The van der Waals surface area contributed by atoms with Crippen LogP contribution in [0, 0.1) is 0 Å². The highest BCUT2D eigenvalue weighted by atomic mass is 79.9. The Balaban J connectivity index is 1.99. The summed E-state index contributed by atoms with van der Waals surface area (Å²) in [6.45, 7) is 6.48. The fraction of sp³-hybridized carbons (Fsp3) is 0.538. The van der Waals surface area contributed by atoms with Crippen LogP contribution in [-0.4, -0.2) is 58.5 Å². The van der Waals surface area contributed by atoms with Gasteiger partial charge in [-0.3, -0.25) is 9.69 Å². The summed E-state index contributed by atoms with van der Waals surface area (Å²) in [5.41, 5.74) is 5.94. The van der Waals surface area contributed by atoms with Gasteiger partial charge in [0.25, 0.3) is 5.91 Å². The maximum atomic E-state index is 12.4. The summed E-state index contributed by atoms with van der Waals surface area (Å²) in [6.07, 6.45) is 0. The van der Waals surface area contributed by atoms with Gasteiger partial charge in [0.1, 0.15) is 0 Å². The molecule has 0 aromatic carbocycles. The van der Waals surface area contributed by atoms with Crippen molar-refractivity contribution >= 4 is 39.0 Å². The van der Waals surface area contributed by atoms with Crippen molar-refractivity contribution < 1.29 is 10.0 Å². The fourth-order valence-electron chi connectivity index (χ4n) is 2.36. The van der Waals surface area contributed by atoms with E-state index in [0.717, 1.165) is 9.35 Å². The minimum atomic E-state index is -0.519. The monoisotopic (exact) mass is 374 g/mol. The van der Waals surface area contributed by atoms with E-state index in [4.69, 9.17) is 10.9 Å². The standard InChI is InChI=1S/C13H19BrN4O2S/c1-13(2,12(15)16-20)18-5-3-17(4-6-18)11(19)9-7-10(14)21-8-9/h7-8,20H,3-6H2,1-2H3,(H2,15,16). The summed E-state index contributed by atoms with van der Waals surface area (Å²) in [7, 11) is 0. The van der Waals surface area contributed by atoms with Crippen molar-refractivity contribution in [1.29, 1.82) is 0 Å². The third-order valence-electron chi connectivity index (χ3n) is 3.91. The Morgan fingerprint density at radius 2 is 2.05 bits per heavy atom. The zero-order chi connectivity index (χ0) is 15.6. The van der Waals surface area contributed by atoms with E-state index in [1.807, 2.05) is 30.2 Å². The summed E-state index contributed by atoms with van der Waals surface area (Å²) in [5.74, 6) is 0.238. The maximum Gasteiger partial charge on any atom is 0.254 e. The Morgan fingerprint density at radius 1 is 1.43 bits per heavy atom. The molecule has 0 aliphatic carbocycles. The second kappa shape index (κ2) is 6.33. The van der Waals surface area contributed by atoms with Gasteiger partial charge in [-0.1, -0.05) is 5.16 Å². The van der Waals surface area contributed by atoms with Crippen LogP contribution in [0.25, 0.3) is 0 Å². The molecule has 8 heteroatoms. The quantitative estimate of drug-likeness (QED) is 0.365. The number of halogens is 1. The lowest BCUT2D eigenvalue weighted by molar-refractivity contribution is 0.0532. The van der Waals surface area contributed by atoms with Gasteiger partial charge in [0.15, 0.2) is 5.84 Å². The van der Waals surface area contributed by atoms with Crippen LogP contribution in [0.1, 0.15) is 24.2 Å². The smallest absolute Gasteiger partial charge is 0.254 e. The van der Waals surface area contributed by atoms with E-state index in [1.165, 1.54) is 11.3 Å². The van der Waals surface area contributed by atoms with Gasteiger partial charge >= 0.3 is 0 Å². The molecule has 0 bridgehead atoms. The minimum absolute atomic E-state index is 0.0539. The molecule has 0 spiro atoms. The number of hydrogen-bond acceptors (Lipinski definition) is 5. The predicted molar refractivity (Wildman–Crippen MR) is 87.0 cm³/mol. The first kappa shape index (κ1) is 16.3. The van der Waals surface area contributed by atoms with E-state index in [-0.39, 0.29) is 11.7 Å². The number of oxime groups is 1. The van der Waals surface area contributed by atoms with Gasteiger partial charge in [-0.2, -0.15) is 0 Å². The number of carbonyl (C=O) groups is 1. The summed E-state index contributed by atoms with van der Waals surface area (Å²) >= 11 is 4.88. The molecule has 1 aromatic rings. The number of nitrogens with zero attached hydrogens (tertiary/aromatic N) is 3. The molecule has 2 heterocycles. The molecule has 1 aliphatic heterocycles. The molecule has 116 valence electrons. The summed E-state index contributed by atoms with van der Waals surface area (Å²) < 4.78 is 0.956. The van der Waals surface area contributed by atoms with Crippen molar-refractivity contribution in [3.8, 4) is 0 Å². The van der Waals surface area contributed by atoms with E-state index in [1.54, 1.807) is 0 Å². The van der Waals surface area contributed by atoms with Crippen molar-refractivity contribution in [2.45, 2.75) is 19.4 Å². The molecule has 6 nitrogen and oxygen atoms in total. The molecule has 0 unspecified atom stereocenters. The average molecular weight is 375 g/mol. The van der Waals surface area contributed by atoms with Crippen molar-refractivity contribution in [2.75, 3.05) is 26.2 Å². The van der Waals surface area contributed by atoms with E-state index in [0.29, 0.717) is 26.2 Å². The first-order valence-corrected chi connectivity index (χ1v) is 8.30. The van der Waals surface area contributed by atoms with Gasteiger partial charge in [0.05, 0.1) is 14.9 Å². The first-order chi connectivity index (χ1) is 9.86. The molecule has 1 saturated heterocycles. The van der Waals surface area contributed by atoms with Crippen molar-refractivity contribution in [2.24, 2.45) is 10.9 Å². The topological polar surface area (TPSA) is 82.2 Å². The van der Waals surface area contributed by atoms with Crippen LogP contribution < -0.4 is 5.73 Å². The van der Waals surface area contributed by atoms with Crippen molar-refractivity contribution in [3.05, 3.63) is 20.8 Å². The zero-order valence-corrected chi connectivity index (χ0v) is 14.4. The van der Waals surface area contributed by atoms with Crippen LogP contribution in [0.4, 0.5) is 0 Å². The van der Waals surface area contributed by atoms with Crippen LogP contribution in [0.2, 0.25) is 0 Å². The van der Waals surface area contributed by atoms with Gasteiger partial charge in [-0.15, -0.1) is 11.3 Å². The van der Waals surface area contributed by atoms with Crippen LogP contribution in [-0.2, 0) is 0 Å². The lowest BCUT2D eigenvalue weighted by Crippen LogP contribution is -2.60. The van der Waals surface area contributed by atoms with Crippen LogP contribution >= 0.6 is 27.3 Å². The van der Waals surface area contributed by atoms with Crippen LogP contribution in [0.3, 0.4) is 0 Å². The molecule has 0 radical (unpaired) electrons. The van der Waals surface area contributed by atoms with Gasteiger partial charge in [-0.25, -0.2) is 0 Å². The Bertz CT molecular complexity index is 550. The zero-order valence-electron chi connectivity index (χ0n) is 12.0. The SMILES string of the molecule is CC(C)(C(N)=NO)N1CCN(C(=O)c2csc(Br)c2)CC1. The Kier molecular flexibility index (Phi) is 4.90. The van der Waals surface area contributed by atoms with E-state index in [2.05, 4.69) is 26.0 Å². The van der Waals surface area contributed by atoms with Crippen molar-refractivity contribution in [1.82, 2.24) is 9.80 Å². The maximum absolute atomic E-state index is 12.4. The molecule has 21 heavy (non-hydrogen) atoms. The number of thiophene rings is 1. The highest BCUT2D eigenvalue weighted by Crippen LogP contribution is 2.23. The van der Waals surface area contributed by atoms with Gasteiger partial charge < -0.3 is 15.8 Å². The van der Waals surface area contributed by atoms with Crippen LogP contribution in [0.15, 0.2) is 20.4 Å². The molecule has 1 aromatic heterocycles. The summed E-state index contributed by atoms with van der Waals surface area (Å²) in [4.78, 5) is 16.3. The minimum Gasteiger partial charge on any atom is -0.409 e. The van der Waals surface area contributed by atoms with E-state index >= 15 is 0 Å². The lowest BCUT2D eigenvalue weighted by atomic mass is 10.00.